The summed E-state index contributed by atoms with van der Waals surface area (Å²) in [4.78, 5) is 16.9. The molecule has 1 aromatic carbocycles. The van der Waals surface area contributed by atoms with Crippen molar-refractivity contribution in [2.45, 2.75) is 25.3 Å². The molecule has 1 fully saturated rings. The van der Waals surface area contributed by atoms with Crippen molar-refractivity contribution < 1.29 is 9.42 Å². The SMILES string of the molecule is CN(C)[C@H]1CCCCN(C(=O)c2ccc3nonc3c2)C1. The summed E-state index contributed by atoms with van der Waals surface area (Å²) in [7, 11) is 4.15. The number of amides is 1. The van der Waals surface area contributed by atoms with Crippen molar-refractivity contribution in [2.75, 3.05) is 27.2 Å². The summed E-state index contributed by atoms with van der Waals surface area (Å²) in [6.45, 7) is 1.60. The molecule has 6 heteroatoms. The van der Waals surface area contributed by atoms with Gasteiger partial charge in [0.05, 0.1) is 0 Å². The third-order valence-corrected chi connectivity index (χ3v) is 4.16. The summed E-state index contributed by atoms with van der Waals surface area (Å²) in [5.74, 6) is 0.0636. The van der Waals surface area contributed by atoms with E-state index in [-0.39, 0.29) is 5.91 Å². The highest BCUT2D eigenvalue weighted by molar-refractivity contribution is 5.97. The molecule has 1 aliphatic rings. The fourth-order valence-electron chi connectivity index (χ4n) is 2.82. The van der Waals surface area contributed by atoms with Crippen molar-refractivity contribution in [3.63, 3.8) is 0 Å². The summed E-state index contributed by atoms with van der Waals surface area (Å²) < 4.78 is 4.68. The number of aromatic nitrogens is 2. The Balaban J connectivity index is 1.82. The van der Waals surface area contributed by atoms with Crippen LogP contribution in [0.2, 0.25) is 0 Å². The van der Waals surface area contributed by atoms with E-state index in [1.165, 1.54) is 6.42 Å². The molecule has 0 spiro atoms. The van der Waals surface area contributed by atoms with Gasteiger partial charge in [0.15, 0.2) is 0 Å². The number of rotatable bonds is 2. The Hall–Kier alpha value is -1.95. The number of nitrogens with zero attached hydrogens (tertiary/aromatic N) is 4. The monoisotopic (exact) mass is 288 g/mol. The van der Waals surface area contributed by atoms with Crippen molar-refractivity contribution in [1.29, 1.82) is 0 Å². The minimum Gasteiger partial charge on any atom is -0.337 e. The fourth-order valence-corrected chi connectivity index (χ4v) is 2.82. The quantitative estimate of drug-likeness (QED) is 0.843. The molecule has 112 valence electrons. The average Bonchev–Trinajstić information content (AvgIpc) is 2.80. The van der Waals surface area contributed by atoms with Gasteiger partial charge >= 0.3 is 0 Å². The average molecular weight is 288 g/mol. The predicted octanol–water partition coefficient (Wildman–Crippen LogP) is 1.78. The highest BCUT2D eigenvalue weighted by atomic mass is 16.6. The Morgan fingerprint density at radius 2 is 2.10 bits per heavy atom. The minimum absolute atomic E-state index is 0.0636. The lowest BCUT2D eigenvalue weighted by molar-refractivity contribution is 0.0725. The molecule has 0 radical (unpaired) electrons. The lowest BCUT2D eigenvalue weighted by Gasteiger charge is -2.28. The molecule has 3 rings (SSSR count). The molecular formula is C15H20N4O2. The number of benzene rings is 1. The van der Waals surface area contributed by atoms with Crippen molar-refractivity contribution >= 4 is 16.9 Å². The third-order valence-electron chi connectivity index (χ3n) is 4.16. The van der Waals surface area contributed by atoms with E-state index in [9.17, 15) is 4.79 Å². The number of likely N-dealkylation sites (tertiary alicyclic amines) is 1. The van der Waals surface area contributed by atoms with Crippen LogP contribution in [-0.4, -0.2) is 59.2 Å². The summed E-state index contributed by atoms with van der Waals surface area (Å²) in [6, 6.07) is 5.75. The van der Waals surface area contributed by atoms with Gasteiger partial charge in [-0.25, -0.2) is 4.63 Å². The van der Waals surface area contributed by atoms with Crippen molar-refractivity contribution in [3.05, 3.63) is 23.8 Å². The van der Waals surface area contributed by atoms with Crippen LogP contribution in [0.25, 0.3) is 11.0 Å². The predicted molar refractivity (Wildman–Crippen MR) is 79.0 cm³/mol. The van der Waals surface area contributed by atoms with Crippen LogP contribution in [0.5, 0.6) is 0 Å². The topological polar surface area (TPSA) is 62.5 Å². The van der Waals surface area contributed by atoms with E-state index in [0.717, 1.165) is 25.9 Å². The highest BCUT2D eigenvalue weighted by Gasteiger charge is 2.24. The molecule has 0 bridgehead atoms. The van der Waals surface area contributed by atoms with Crippen LogP contribution in [0.15, 0.2) is 22.8 Å². The lowest BCUT2D eigenvalue weighted by Crippen LogP contribution is -2.41. The molecule has 1 aromatic heterocycles. The first-order valence-electron chi connectivity index (χ1n) is 7.33. The van der Waals surface area contributed by atoms with Gasteiger partial charge in [0.1, 0.15) is 11.0 Å². The number of hydrogen-bond acceptors (Lipinski definition) is 5. The third kappa shape index (κ3) is 2.90. The van der Waals surface area contributed by atoms with E-state index in [2.05, 4.69) is 33.9 Å². The number of fused-ring (bicyclic) bond motifs is 1. The van der Waals surface area contributed by atoms with Crippen LogP contribution >= 0.6 is 0 Å². The molecule has 2 heterocycles. The number of carbonyl (C=O) groups is 1. The van der Waals surface area contributed by atoms with Gasteiger partial charge in [0.2, 0.25) is 0 Å². The maximum atomic E-state index is 12.7. The zero-order valence-corrected chi connectivity index (χ0v) is 12.5. The van der Waals surface area contributed by atoms with Crippen LogP contribution in [0, 0.1) is 0 Å². The van der Waals surface area contributed by atoms with Crippen LogP contribution in [-0.2, 0) is 0 Å². The largest absolute Gasteiger partial charge is 0.337 e. The summed E-state index contributed by atoms with van der Waals surface area (Å²) in [5, 5.41) is 7.57. The summed E-state index contributed by atoms with van der Waals surface area (Å²) >= 11 is 0. The van der Waals surface area contributed by atoms with E-state index in [4.69, 9.17) is 0 Å². The van der Waals surface area contributed by atoms with E-state index in [1.54, 1.807) is 18.2 Å². The Kier molecular flexibility index (Phi) is 3.88. The summed E-state index contributed by atoms with van der Waals surface area (Å²) in [5.41, 5.74) is 1.95. The van der Waals surface area contributed by atoms with Crippen LogP contribution in [0.4, 0.5) is 0 Å². The van der Waals surface area contributed by atoms with Gasteiger partial charge < -0.3 is 9.80 Å². The fraction of sp³-hybridized carbons (Fsp3) is 0.533. The Morgan fingerprint density at radius 1 is 1.29 bits per heavy atom. The second kappa shape index (κ2) is 5.81. The molecule has 6 nitrogen and oxygen atoms in total. The molecule has 0 unspecified atom stereocenters. The maximum absolute atomic E-state index is 12.7. The van der Waals surface area contributed by atoms with E-state index >= 15 is 0 Å². The van der Waals surface area contributed by atoms with Gasteiger partial charge in [-0.3, -0.25) is 4.79 Å². The van der Waals surface area contributed by atoms with Gasteiger partial charge in [-0.15, -0.1) is 0 Å². The first-order chi connectivity index (χ1) is 10.1. The van der Waals surface area contributed by atoms with Gasteiger partial charge in [-0.2, -0.15) is 0 Å². The number of likely N-dealkylation sites (N-methyl/N-ethyl adjacent to an activating group) is 1. The van der Waals surface area contributed by atoms with Crippen molar-refractivity contribution in [2.24, 2.45) is 0 Å². The Bertz CT molecular complexity index is 637. The molecule has 0 N–H and O–H groups in total. The summed E-state index contributed by atoms with van der Waals surface area (Å²) in [6.07, 6.45) is 3.37. The highest BCUT2D eigenvalue weighted by Crippen LogP contribution is 2.18. The standard InChI is InChI=1S/C15H20N4O2/c1-18(2)12-5-3-4-8-19(10-12)15(20)11-6-7-13-14(9-11)17-21-16-13/h6-7,9,12H,3-5,8,10H2,1-2H3/t12-/m0/s1. The molecule has 1 aliphatic heterocycles. The van der Waals surface area contributed by atoms with Crippen LogP contribution in [0.1, 0.15) is 29.6 Å². The molecule has 1 amide bonds. The van der Waals surface area contributed by atoms with E-state index in [0.29, 0.717) is 22.6 Å². The maximum Gasteiger partial charge on any atom is 0.253 e. The zero-order valence-electron chi connectivity index (χ0n) is 12.5. The molecule has 21 heavy (non-hydrogen) atoms. The van der Waals surface area contributed by atoms with Gasteiger partial charge in [-0.1, -0.05) is 6.42 Å². The Labute approximate surface area is 123 Å². The molecule has 1 saturated heterocycles. The smallest absolute Gasteiger partial charge is 0.253 e. The minimum atomic E-state index is 0.0636. The van der Waals surface area contributed by atoms with E-state index in [1.807, 2.05) is 4.90 Å². The molecule has 0 aliphatic carbocycles. The first kappa shape index (κ1) is 14.0. The van der Waals surface area contributed by atoms with Crippen LogP contribution in [0.3, 0.4) is 0 Å². The van der Waals surface area contributed by atoms with Gasteiger partial charge in [-0.05, 0) is 55.4 Å². The van der Waals surface area contributed by atoms with Gasteiger partial charge in [0.25, 0.3) is 5.91 Å². The zero-order chi connectivity index (χ0) is 14.8. The van der Waals surface area contributed by atoms with Crippen LogP contribution < -0.4 is 0 Å². The van der Waals surface area contributed by atoms with Crippen molar-refractivity contribution in [3.8, 4) is 0 Å². The molecule has 2 aromatic rings. The lowest BCUT2D eigenvalue weighted by atomic mass is 10.1. The van der Waals surface area contributed by atoms with E-state index < -0.39 is 0 Å². The van der Waals surface area contributed by atoms with Crippen molar-refractivity contribution in [1.82, 2.24) is 20.1 Å². The second-order valence-corrected chi connectivity index (χ2v) is 5.83. The molecule has 0 saturated carbocycles. The number of carbonyl (C=O) groups excluding carboxylic acids is 1. The van der Waals surface area contributed by atoms with Gasteiger partial charge in [0, 0.05) is 24.7 Å². The Morgan fingerprint density at radius 3 is 2.90 bits per heavy atom. The first-order valence-corrected chi connectivity index (χ1v) is 7.33. The second-order valence-electron chi connectivity index (χ2n) is 5.83. The molecular weight excluding hydrogens is 268 g/mol. The molecule has 1 atom stereocenters. The number of hydrogen-bond donors (Lipinski definition) is 0. The normalized spacial score (nSPS) is 20.0.